The fraction of sp³-hybridized carbons (Fsp3) is 0.933. The van der Waals surface area contributed by atoms with Crippen LogP contribution in [0.1, 0.15) is 32.1 Å². The number of carbonyl (C=O) groups excluding carboxylic acids is 1. The molecule has 2 atom stereocenters. The highest BCUT2D eigenvalue weighted by Crippen LogP contribution is 2.56. The van der Waals surface area contributed by atoms with E-state index in [2.05, 4.69) is 9.80 Å². The van der Waals surface area contributed by atoms with Gasteiger partial charge in [0.15, 0.2) is 0 Å². The number of amides is 1. The van der Waals surface area contributed by atoms with Gasteiger partial charge in [0, 0.05) is 32.1 Å². The Morgan fingerprint density at radius 3 is 2.26 bits per heavy atom. The first-order chi connectivity index (χ1) is 9.31. The summed E-state index contributed by atoms with van der Waals surface area (Å²) in [5, 5.41) is 0. The van der Waals surface area contributed by atoms with Gasteiger partial charge in [-0.1, -0.05) is 12.8 Å². The first-order valence-electron chi connectivity index (χ1n) is 8.02. The van der Waals surface area contributed by atoms with Gasteiger partial charge in [-0.25, -0.2) is 0 Å². The molecule has 19 heavy (non-hydrogen) atoms. The number of fused-ring (bicyclic) bond motifs is 1. The average Bonchev–Trinajstić information content (AvgIpc) is 3.19. The fourth-order valence-electron chi connectivity index (χ4n) is 4.08. The summed E-state index contributed by atoms with van der Waals surface area (Å²) in [7, 11) is 0. The van der Waals surface area contributed by atoms with Crippen LogP contribution in [0.25, 0.3) is 0 Å². The summed E-state index contributed by atoms with van der Waals surface area (Å²) < 4.78 is 0. The number of piperazine rings is 1. The van der Waals surface area contributed by atoms with Crippen molar-refractivity contribution >= 4 is 5.91 Å². The molecule has 2 unspecified atom stereocenters. The van der Waals surface area contributed by atoms with Crippen LogP contribution in [-0.4, -0.2) is 55.0 Å². The molecule has 3 rings (SSSR count). The second kappa shape index (κ2) is 5.80. The summed E-state index contributed by atoms with van der Waals surface area (Å²) in [4.78, 5) is 17.1. The number of rotatable bonds is 4. The molecule has 1 saturated heterocycles. The largest absolute Gasteiger partial charge is 0.340 e. The molecule has 0 aromatic rings. The zero-order chi connectivity index (χ0) is 13.2. The highest BCUT2D eigenvalue weighted by molar-refractivity contribution is 5.82. The molecule has 2 aliphatic carbocycles. The maximum Gasteiger partial charge on any atom is 0.226 e. The van der Waals surface area contributed by atoms with Crippen LogP contribution in [0.2, 0.25) is 0 Å². The highest BCUT2D eigenvalue weighted by Gasteiger charge is 2.55. The van der Waals surface area contributed by atoms with Crippen LogP contribution < -0.4 is 5.73 Å². The van der Waals surface area contributed by atoms with E-state index >= 15 is 0 Å². The predicted octanol–water partition coefficient (Wildman–Crippen LogP) is 0.916. The van der Waals surface area contributed by atoms with Crippen molar-refractivity contribution in [1.29, 1.82) is 0 Å². The van der Waals surface area contributed by atoms with E-state index in [0.29, 0.717) is 11.8 Å². The molecule has 2 N–H and O–H groups in total. The molecular formula is C15H27N3O. The Hall–Kier alpha value is -0.610. The molecule has 0 bridgehead atoms. The lowest BCUT2D eigenvalue weighted by Crippen LogP contribution is -2.49. The maximum atomic E-state index is 12.5. The van der Waals surface area contributed by atoms with E-state index < -0.39 is 0 Å². The molecule has 4 heteroatoms. The predicted molar refractivity (Wildman–Crippen MR) is 75.6 cm³/mol. The Morgan fingerprint density at radius 2 is 1.68 bits per heavy atom. The third kappa shape index (κ3) is 2.79. The fourth-order valence-corrected chi connectivity index (χ4v) is 4.08. The minimum absolute atomic E-state index is 0.401. The lowest BCUT2D eigenvalue weighted by atomic mass is 10.0. The van der Waals surface area contributed by atoms with Gasteiger partial charge in [0.25, 0.3) is 0 Å². The molecular weight excluding hydrogens is 238 g/mol. The lowest BCUT2D eigenvalue weighted by molar-refractivity contribution is -0.135. The molecule has 0 radical (unpaired) electrons. The molecule has 1 aliphatic heterocycles. The van der Waals surface area contributed by atoms with Crippen LogP contribution >= 0.6 is 0 Å². The van der Waals surface area contributed by atoms with Gasteiger partial charge in [-0.2, -0.15) is 0 Å². The molecule has 108 valence electrons. The second-order valence-corrected chi connectivity index (χ2v) is 6.45. The van der Waals surface area contributed by atoms with Crippen LogP contribution in [0.3, 0.4) is 0 Å². The number of carbonyl (C=O) groups is 1. The zero-order valence-corrected chi connectivity index (χ0v) is 11.9. The van der Waals surface area contributed by atoms with Crippen LogP contribution in [-0.2, 0) is 4.79 Å². The van der Waals surface area contributed by atoms with E-state index in [-0.39, 0.29) is 0 Å². The number of hydrogen-bond donors (Lipinski definition) is 1. The van der Waals surface area contributed by atoms with Crippen LogP contribution in [0.5, 0.6) is 0 Å². The molecule has 3 fully saturated rings. The Balaban J connectivity index is 1.45. The molecule has 0 aromatic carbocycles. The summed E-state index contributed by atoms with van der Waals surface area (Å²) in [5.41, 5.74) is 5.55. The summed E-state index contributed by atoms with van der Waals surface area (Å²) in [5.74, 6) is 2.36. The van der Waals surface area contributed by atoms with Gasteiger partial charge in [-0.15, -0.1) is 0 Å². The smallest absolute Gasteiger partial charge is 0.226 e. The minimum atomic E-state index is 0.401. The van der Waals surface area contributed by atoms with Crippen molar-refractivity contribution in [3.8, 4) is 0 Å². The van der Waals surface area contributed by atoms with Crippen LogP contribution in [0.4, 0.5) is 0 Å². The maximum absolute atomic E-state index is 12.5. The van der Waals surface area contributed by atoms with Gasteiger partial charge >= 0.3 is 0 Å². The van der Waals surface area contributed by atoms with Gasteiger partial charge < -0.3 is 10.6 Å². The van der Waals surface area contributed by atoms with E-state index in [1.54, 1.807) is 0 Å². The average molecular weight is 265 g/mol. The van der Waals surface area contributed by atoms with Crippen molar-refractivity contribution in [2.45, 2.75) is 32.1 Å². The lowest BCUT2D eigenvalue weighted by Gasteiger charge is -2.35. The molecule has 2 saturated carbocycles. The van der Waals surface area contributed by atoms with Crippen molar-refractivity contribution in [3.63, 3.8) is 0 Å². The van der Waals surface area contributed by atoms with Gasteiger partial charge in [0.1, 0.15) is 0 Å². The van der Waals surface area contributed by atoms with Gasteiger partial charge in [-0.3, -0.25) is 9.69 Å². The van der Waals surface area contributed by atoms with Gasteiger partial charge in [-0.05, 0) is 44.2 Å². The van der Waals surface area contributed by atoms with Crippen molar-refractivity contribution in [1.82, 2.24) is 9.80 Å². The normalized spacial score (nSPS) is 35.0. The first-order valence-corrected chi connectivity index (χ1v) is 8.02. The van der Waals surface area contributed by atoms with Gasteiger partial charge in [0.05, 0.1) is 0 Å². The minimum Gasteiger partial charge on any atom is -0.340 e. The SMILES string of the molecule is NCCCN1CCN(C(=O)C2C3CCCCC32)CC1. The van der Waals surface area contributed by atoms with Crippen LogP contribution in [0.15, 0.2) is 0 Å². The zero-order valence-electron chi connectivity index (χ0n) is 11.9. The van der Waals surface area contributed by atoms with Crippen molar-refractivity contribution in [2.75, 3.05) is 39.3 Å². The Morgan fingerprint density at radius 1 is 1.05 bits per heavy atom. The molecule has 0 aromatic heterocycles. The van der Waals surface area contributed by atoms with E-state index in [4.69, 9.17) is 5.73 Å². The number of hydrogen-bond acceptors (Lipinski definition) is 3. The summed E-state index contributed by atoms with van der Waals surface area (Å²) in [6.45, 7) is 5.79. The highest BCUT2D eigenvalue weighted by atomic mass is 16.2. The monoisotopic (exact) mass is 265 g/mol. The Labute approximate surface area is 116 Å². The van der Waals surface area contributed by atoms with Crippen molar-refractivity contribution in [3.05, 3.63) is 0 Å². The third-order valence-electron chi connectivity index (χ3n) is 5.30. The molecule has 4 nitrogen and oxygen atoms in total. The molecule has 1 heterocycles. The van der Waals surface area contributed by atoms with E-state index in [1.165, 1.54) is 25.7 Å². The third-order valence-corrected chi connectivity index (χ3v) is 5.30. The molecule has 1 amide bonds. The number of nitrogens with zero attached hydrogens (tertiary/aromatic N) is 2. The van der Waals surface area contributed by atoms with Crippen LogP contribution in [0, 0.1) is 17.8 Å². The first kappa shape index (κ1) is 13.4. The van der Waals surface area contributed by atoms with Crippen molar-refractivity contribution in [2.24, 2.45) is 23.5 Å². The summed E-state index contributed by atoms with van der Waals surface area (Å²) in [6, 6.07) is 0. The van der Waals surface area contributed by atoms with E-state index in [1.807, 2.05) is 0 Å². The second-order valence-electron chi connectivity index (χ2n) is 6.45. The quantitative estimate of drug-likeness (QED) is 0.822. The topological polar surface area (TPSA) is 49.6 Å². The Bertz CT molecular complexity index is 313. The summed E-state index contributed by atoms with van der Waals surface area (Å²) in [6.07, 6.45) is 6.37. The van der Waals surface area contributed by atoms with E-state index in [9.17, 15) is 4.79 Å². The van der Waals surface area contributed by atoms with Crippen molar-refractivity contribution < 1.29 is 4.79 Å². The summed E-state index contributed by atoms with van der Waals surface area (Å²) >= 11 is 0. The molecule has 0 spiro atoms. The number of nitrogens with two attached hydrogens (primary N) is 1. The van der Waals surface area contributed by atoms with Gasteiger partial charge in [0.2, 0.25) is 5.91 Å². The standard InChI is InChI=1S/C15H27N3O/c16-6-3-7-17-8-10-18(11-9-17)15(19)14-12-4-1-2-5-13(12)14/h12-14H,1-11,16H2. The van der Waals surface area contributed by atoms with E-state index in [0.717, 1.165) is 57.5 Å². The molecule has 3 aliphatic rings. The Kier molecular flexibility index (Phi) is 4.08.